The van der Waals surface area contributed by atoms with Gasteiger partial charge < -0.3 is 25.4 Å². The van der Waals surface area contributed by atoms with Crippen molar-refractivity contribution in [3.63, 3.8) is 0 Å². The standard InChI is InChI=1S/C29H34N6O5/c1-3-19(16-36)35-24(26(38)31-17-34-21-12-8-7-11-20(21)32-33-34)29-14-13-28(2,40-29)22(23(29)27(35)39)25(37)30-15-18-9-5-4-6-10-18/h4-12,19,22-24,36H,3,13-17H2,1-2H3,(H,30,37)(H,31,38)/t19-,22+,23-,24?,28-,29?/m0/s1. The van der Waals surface area contributed by atoms with Crippen LogP contribution in [0.3, 0.4) is 0 Å². The van der Waals surface area contributed by atoms with Crippen LogP contribution in [0.1, 0.15) is 38.7 Å². The average molecular weight is 547 g/mol. The van der Waals surface area contributed by atoms with E-state index in [1.54, 1.807) is 4.68 Å². The van der Waals surface area contributed by atoms with E-state index < -0.39 is 41.0 Å². The minimum Gasteiger partial charge on any atom is -0.394 e. The van der Waals surface area contributed by atoms with Crippen LogP contribution in [0.25, 0.3) is 11.0 Å². The number of likely N-dealkylation sites (tertiary alicyclic amines) is 1. The third kappa shape index (κ3) is 3.98. The number of hydrogen-bond acceptors (Lipinski definition) is 7. The van der Waals surface area contributed by atoms with Gasteiger partial charge in [0.15, 0.2) is 0 Å². The second kappa shape index (κ2) is 9.97. The molecule has 4 heterocycles. The van der Waals surface area contributed by atoms with Crippen LogP contribution in [0.2, 0.25) is 0 Å². The fourth-order valence-electron chi connectivity index (χ4n) is 7.05. The molecule has 0 saturated carbocycles. The quantitative estimate of drug-likeness (QED) is 0.368. The Hall–Kier alpha value is -3.83. The zero-order valence-corrected chi connectivity index (χ0v) is 22.6. The zero-order chi connectivity index (χ0) is 28.1. The maximum absolute atomic E-state index is 14.1. The molecule has 3 N–H and O–H groups in total. The van der Waals surface area contributed by atoms with Crippen LogP contribution in [0.4, 0.5) is 0 Å². The van der Waals surface area contributed by atoms with E-state index >= 15 is 0 Å². The SMILES string of the molecule is CC[C@@H](CO)N1C(=O)[C@@H]2[C@H](C(=O)NCc3ccccc3)[C@]3(C)CCC2(O3)C1C(=O)NCn1nnc2ccccc21. The van der Waals surface area contributed by atoms with Gasteiger partial charge in [0.25, 0.3) is 0 Å². The van der Waals surface area contributed by atoms with E-state index in [1.807, 2.05) is 68.4 Å². The molecule has 3 saturated heterocycles. The van der Waals surface area contributed by atoms with Crippen LogP contribution in [-0.2, 0) is 32.3 Å². The number of hydrogen-bond donors (Lipinski definition) is 3. The monoisotopic (exact) mass is 546 g/mol. The summed E-state index contributed by atoms with van der Waals surface area (Å²) < 4.78 is 8.22. The molecule has 2 aromatic carbocycles. The molecule has 210 valence electrons. The van der Waals surface area contributed by atoms with Crippen molar-refractivity contribution in [2.45, 2.75) is 69.6 Å². The number of fused-ring (bicyclic) bond motifs is 2. The van der Waals surface area contributed by atoms with E-state index in [-0.39, 0.29) is 25.1 Å². The number of aliphatic hydroxyl groups is 1. The number of carbonyl (C=O) groups excluding carboxylic acids is 3. The molecule has 3 aliphatic heterocycles. The number of nitrogens with one attached hydrogen (secondary N) is 2. The number of benzene rings is 2. The third-order valence-electron chi connectivity index (χ3n) is 8.95. The lowest BCUT2D eigenvalue weighted by atomic mass is 9.66. The zero-order valence-electron chi connectivity index (χ0n) is 22.6. The Labute approximate surface area is 231 Å². The van der Waals surface area contributed by atoms with Gasteiger partial charge in [-0.3, -0.25) is 14.4 Å². The molecule has 2 bridgehead atoms. The number of aromatic nitrogens is 3. The maximum Gasteiger partial charge on any atom is 0.247 e. The third-order valence-corrected chi connectivity index (χ3v) is 8.95. The van der Waals surface area contributed by atoms with E-state index in [1.165, 1.54) is 4.90 Å². The Morgan fingerprint density at radius 2 is 1.85 bits per heavy atom. The van der Waals surface area contributed by atoms with Crippen LogP contribution in [-0.4, -0.2) is 72.6 Å². The molecule has 3 aromatic rings. The lowest BCUT2D eigenvalue weighted by Crippen LogP contribution is -2.58. The van der Waals surface area contributed by atoms with Crippen molar-refractivity contribution in [2.24, 2.45) is 11.8 Å². The first-order valence-corrected chi connectivity index (χ1v) is 13.8. The Morgan fingerprint density at radius 3 is 2.60 bits per heavy atom. The summed E-state index contributed by atoms with van der Waals surface area (Å²) >= 11 is 0. The Morgan fingerprint density at radius 1 is 1.10 bits per heavy atom. The van der Waals surface area contributed by atoms with Crippen LogP contribution < -0.4 is 10.6 Å². The highest BCUT2D eigenvalue weighted by atomic mass is 16.5. The van der Waals surface area contributed by atoms with E-state index in [2.05, 4.69) is 20.9 Å². The van der Waals surface area contributed by atoms with Gasteiger partial charge in [-0.15, -0.1) is 5.10 Å². The largest absolute Gasteiger partial charge is 0.394 e. The van der Waals surface area contributed by atoms with Gasteiger partial charge >= 0.3 is 0 Å². The van der Waals surface area contributed by atoms with Gasteiger partial charge in [-0.2, -0.15) is 0 Å². The normalized spacial score (nSPS) is 29.5. The molecule has 0 radical (unpaired) electrons. The first-order chi connectivity index (χ1) is 19.3. The molecule has 6 atom stereocenters. The van der Waals surface area contributed by atoms with E-state index in [4.69, 9.17) is 4.74 Å². The number of carbonyl (C=O) groups is 3. The van der Waals surface area contributed by atoms with Crippen molar-refractivity contribution >= 4 is 28.8 Å². The summed E-state index contributed by atoms with van der Waals surface area (Å²) in [6, 6.07) is 15.4. The number of ether oxygens (including phenoxy) is 1. The van der Waals surface area contributed by atoms with Gasteiger partial charge in [-0.1, -0.05) is 54.6 Å². The van der Waals surface area contributed by atoms with E-state index in [9.17, 15) is 19.5 Å². The number of para-hydroxylation sites is 1. The summed E-state index contributed by atoms with van der Waals surface area (Å²) in [7, 11) is 0. The highest BCUT2D eigenvalue weighted by Gasteiger charge is 2.78. The Kier molecular flexibility index (Phi) is 6.58. The van der Waals surface area contributed by atoms with Gasteiger partial charge in [0, 0.05) is 6.54 Å². The van der Waals surface area contributed by atoms with Crippen molar-refractivity contribution in [1.29, 1.82) is 0 Å². The minimum absolute atomic E-state index is 0.0484. The number of amides is 3. The van der Waals surface area contributed by atoms with Crippen molar-refractivity contribution in [2.75, 3.05) is 6.61 Å². The van der Waals surface area contributed by atoms with Gasteiger partial charge in [-0.05, 0) is 43.9 Å². The molecular formula is C29H34N6O5. The van der Waals surface area contributed by atoms with Crippen LogP contribution in [0.5, 0.6) is 0 Å². The second-order valence-electron chi connectivity index (χ2n) is 11.2. The molecular weight excluding hydrogens is 512 g/mol. The fraction of sp³-hybridized carbons (Fsp3) is 0.483. The van der Waals surface area contributed by atoms with Gasteiger partial charge in [0.05, 0.1) is 35.6 Å². The topological polar surface area (TPSA) is 139 Å². The molecule has 3 amide bonds. The Balaban J connectivity index is 1.30. The second-order valence-corrected chi connectivity index (χ2v) is 11.2. The van der Waals surface area contributed by atoms with Gasteiger partial charge in [0.1, 0.15) is 23.8 Å². The summed E-state index contributed by atoms with van der Waals surface area (Å²) in [5, 5.41) is 24.4. The van der Waals surface area contributed by atoms with Gasteiger partial charge in [0.2, 0.25) is 17.7 Å². The van der Waals surface area contributed by atoms with E-state index in [0.717, 1.165) is 11.1 Å². The molecule has 1 spiro atoms. The molecule has 2 unspecified atom stereocenters. The number of nitrogens with zero attached hydrogens (tertiary/aromatic N) is 4. The molecule has 11 heteroatoms. The fourth-order valence-corrected chi connectivity index (χ4v) is 7.05. The minimum atomic E-state index is -1.17. The molecule has 11 nitrogen and oxygen atoms in total. The molecule has 1 aromatic heterocycles. The first-order valence-electron chi connectivity index (χ1n) is 13.8. The number of aliphatic hydroxyl groups excluding tert-OH is 1. The molecule has 40 heavy (non-hydrogen) atoms. The van der Waals surface area contributed by atoms with Crippen LogP contribution in [0.15, 0.2) is 54.6 Å². The van der Waals surface area contributed by atoms with Crippen molar-refractivity contribution in [1.82, 2.24) is 30.5 Å². The summed E-state index contributed by atoms with van der Waals surface area (Å²) in [5.41, 5.74) is 0.366. The number of rotatable bonds is 9. The Bertz CT molecular complexity index is 1440. The van der Waals surface area contributed by atoms with Gasteiger partial charge in [-0.25, -0.2) is 4.68 Å². The van der Waals surface area contributed by atoms with Crippen molar-refractivity contribution in [3.05, 3.63) is 60.2 Å². The average Bonchev–Trinajstić information content (AvgIpc) is 3.67. The lowest BCUT2D eigenvalue weighted by molar-refractivity contribution is -0.150. The predicted octanol–water partition coefficient (Wildman–Crippen LogP) is 1.36. The molecule has 6 rings (SSSR count). The predicted molar refractivity (Wildman–Crippen MR) is 144 cm³/mol. The summed E-state index contributed by atoms with van der Waals surface area (Å²) in [5.74, 6) is -2.58. The lowest BCUT2D eigenvalue weighted by Gasteiger charge is -2.36. The van der Waals surface area contributed by atoms with E-state index in [0.29, 0.717) is 31.3 Å². The van der Waals surface area contributed by atoms with Crippen LogP contribution in [0, 0.1) is 11.8 Å². The molecule has 3 fully saturated rings. The van der Waals surface area contributed by atoms with Crippen molar-refractivity contribution in [3.8, 4) is 0 Å². The van der Waals surface area contributed by atoms with Crippen LogP contribution >= 0.6 is 0 Å². The smallest absolute Gasteiger partial charge is 0.247 e. The maximum atomic E-state index is 14.1. The first kappa shape index (κ1) is 26.4. The van der Waals surface area contributed by atoms with Crippen molar-refractivity contribution < 1.29 is 24.2 Å². The summed E-state index contributed by atoms with van der Waals surface area (Å²) in [4.78, 5) is 43.2. The summed E-state index contributed by atoms with van der Waals surface area (Å²) in [6.45, 7) is 3.80. The molecule has 3 aliphatic rings. The highest BCUT2D eigenvalue weighted by Crippen LogP contribution is 2.63. The summed E-state index contributed by atoms with van der Waals surface area (Å²) in [6.07, 6.45) is 1.46. The molecule has 0 aliphatic carbocycles. The highest BCUT2D eigenvalue weighted by molar-refractivity contribution is 5.99.